The number of aryl methyl sites for hydroxylation is 2. The number of sulfonamides is 1. The maximum absolute atomic E-state index is 12.5. The summed E-state index contributed by atoms with van der Waals surface area (Å²) in [6.45, 7) is 6.81. The summed E-state index contributed by atoms with van der Waals surface area (Å²) in [4.78, 5) is 12.6. The first-order valence-corrected chi connectivity index (χ1v) is 10.9. The van der Waals surface area contributed by atoms with Gasteiger partial charge in [-0.05, 0) is 81.1 Å². The molecular weight excluding hydrogens is 376 g/mol. The van der Waals surface area contributed by atoms with Gasteiger partial charge in [0, 0.05) is 18.8 Å². The van der Waals surface area contributed by atoms with Crippen molar-refractivity contribution < 1.29 is 17.9 Å². The van der Waals surface area contributed by atoms with Gasteiger partial charge in [-0.3, -0.25) is 4.79 Å². The van der Waals surface area contributed by atoms with Crippen LogP contribution in [0.1, 0.15) is 30.9 Å². The van der Waals surface area contributed by atoms with Crippen LogP contribution >= 0.6 is 0 Å². The first-order chi connectivity index (χ1) is 13.3. The van der Waals surface area contributed by atoms with E-state index in [0.29, 0.717) is 24.5 Å². The lowest BCUT2D eigenvalue weighted by Gasteiger charge is -2.17. The third-order valence-electron chi connectivity index (χ3n) is 4.99. The molecule has 1 unspecified atom stereocenters. The van der Waals surface area contributed by atoms with Crippen LogP contribution in [0.5, 0.6) is 5.75 Å². The van der Waals surface area contributed by atoms with Gasteiger partial charge in [0.15, 0.2) is 6.10 Å². The normalized spacial score (nSPS) is 16.0. The highest BCUT2D eigenvalue weighted by molar-refractivity contribution is 7.89. The second-order valence-corrected chi connectivity index (χ2v) is 9.07. The summed E-state index contributed by atoms with van der Waals surface area (Å²) in [6, 6.07) is 11.9. The topological polar surface area (TPSA) is 75.7 Å². The lowest BCUT2D eigenvalue weighted by atomic mass is 10.1. The number of benzene rings is 2. The number of rotatable bonds is 6. The highest BCUT2D eigenvalue weighted by atomic mass is 32.2. The molecule has 0 aromatic heterocycles. The molecule has 2 aromatic rings. The Morgan fingerprint density at radius 2 is 1.68 bits per heavy atom. The fraction of sp³-hybridized carbons (Fsp3) is 0.381. The van der Waals surface area contributed by atoms with Crippen molar-refractivity contribution in [2.75, 3.05) is 18.4 Å². The molecule has 28 heavy (non-hydrogen) atoms. The lowest BCUT2D eigenvalue weighted by molar-refractivity contribution is -0.122. The summed E-state index contributed by atoms with van der Waals surface area (Å²) < 4.78 is 32.3. The summed E-state index contributed by atoms with van der Waals surface area (Å²) in [6.07, 6.45) is 1.10. The van der Waals surface area contributed by atoms with E-state index >= 15 is 0 Å². The number of carbonyl (C=O) groups excluding carboxylic acids is 1. The van der Waals surface area contributed by atoms with Gasteiger partial charge in [0.1, 0.15) is 5.75 Å². The Labute approximate surface area is 166 Å². The van der Waals surface area contributed by atoms with E-state index in [1.54, 1.807) is 19.1 Å². The second kappa shape index (κ2) is 8.32. The maximum Gasteiger partial charge on any atom is 0.265 e. The molecule has 0 saturated carbocycles. The minimum atomic E-state index is -3.45. The minimum absolute atomic E-state index is 0.242. The van der Waals surface area contributed by atoms with E-state index < -0.39 is 16.1 Å². The molecular formula is C21H26N2O4S. The van der Waals surface area contributed by atoms with Crippen molar-refractivity contribution in [1.29, 1.82) is 0 Å². The highest BCUT2D eigenvalue weighted by Crippen LogP contribution is 2.23. The number of amides is 1. The van der Waals surface area contributed by atoms with Gasteiger partial charge in [0.2, 0.25) is 10.0 Å². The number of nitrogens with zero attached hydrogens (tertiary/aromatic N) is 1. The molecule has 0 radical (unpaired) electrons. The number of nitrogens with one attached hydrogen (secondary N) is 1. The Bertz CT molecular complexity index is 949. The molecule has 1 saturated heterocycles. The van der Waals surface area contributed by atoms with Gasteiger partial charge in [-0.1, -0.05) is 6.07 Å². The highest BCUT2D eigenvalue weighted by Gasteiger charge is 2.27. The molecule has 150 valence electrons. The van der Waals surface area contributed by atoms with Gasteiger partial charge in [0.25, 0.3) is 5.91 Å². The predicted molar refractivity (Wildman–Crippen MR) is 109 cm³/mol. The molecule has 3 rings (SSSR count). The summed E-state index contributed by atoms with van der Waals surface area (Å²) in [5.74, 6) is 0.339. The fourth-order valence-corrected chi connectivity index (χ4v) is 4.59. The predicted octanol–water partition coefficient (Wildman–Crippen LogP) is 3.49. The van der Waals surface area contributed by atoms with Crippen molar-refractivity contribution in [3.63, 3.8) is 0 Å². The van der Waals surface area contributed by atoms with Crippen LogP contribution in [0.25, 0.3) is 0 Å². The summed E-state index contributed by atoms with van der Waals surface area (Å²) in [7, 11) is -3.45. The van der Waals surface area contributed by atoms with Crippen LogP contribution in [-0.4, -0.2) is 37.8 Å². The molecule has 0 bridgehead atoms. The van der Waals surface area contributed by atoms with E-state index in [1.807, 2.05) is 32.0 Å². The fourth-order valence-electron chi connectivity index (χ4n) is 3.08. The molecule has 6 nitrogen and oxygen atoms in total. The van der Waals surface area contributed by atoms with Crippen molar-refractivity contribution >= 4 is 21.6 Å². The molecule has 1 fully saturated rings. The average Bonchev–Trinajstić information content (AvgIpc) is 3.21. The van der Waals surface area contributed by atoms with Crippen molar-refractivity contribution in [2.24, 2.45) is 0 Å². The summed E-state index contributed by atoms with van der Waals surface area (Å²) in [5, 5.41) is 2.76. The molecule has 1 N–H and O–H groups in total. The molecule has 1 atom stereocenters. The Balaban J connectivity index is 1.62. The van der Waals surface area contributed by atoms with Crippen molar-refractivity contribution in [3.8, 4) is 5.75 Å². The van der Waals surface area contributed by atoms with Crippen LogP contribution in [0.2, 0.25) is 0 Å². The molecule has 1 aliphatic rings. The molecule has 2 aromatic carbocycles. The van der Waals surface area contributed by atoms with Gasteiger partial charge >= 0.3 is 0 Å². The zero-order valence-electron chi connectivity index (χ0n) is 16.4. The maximum atomic E-state index is 12.5. The monoisotopic (exact) mass is 402 g/mol. The number of carbonyl (C=O) groups is 1. The third kappa shape index (κ3) is 4.54. The van der Waals surface area contributed by atoms with Crippen LogP contribution in [0, 0.1) is 13.8 Å². The van der Waals surface area contributed by atoms with Crippen LogP contribution < -0.4 is 10.1 Å². The molecule has 1 amide bonds. The molecule has 1 aliphatic heterocycles. The first-order valence-electron chi connectivity index (χ1n) is 9.42. The zero-order valence-corrected chi connectivity index (χ0v) is 17.3. The van der Waals surface area contributed by atoms with Crippen LogP contribution in [0.15, 0.2) is 47.4 Å². The quantitative estimate of drug-likeness (QED) is 0.802. The largest absolute Gasteiger partial charge is 0.481 e. The second-order valence-electron chi connectivity index (χ2n) is 7.13. The van der Waals surface area contributed by atoms with E-state index in [9.17, 15) is 13.2 Å². The van der Waals surface area contributed by atoms with Crippen LogP contribution in [0.4, 0.5) is 5.69 Å². The average molecular weight is 403 g/mol. The van der Waals surface area contributed by atoms with Gasteiger partial charge < -0.3 is 10.1 Å². The molecule has 0 spiro atoms. The van der Waals surface area contributed by atoms with Gasteiger partial charge in [-0.25, -0.2) is 8.42 Å². The van der Waals surface area contributed by atoms with Crippen molar-refractivity contribution in [2.45, 2.75) is 44.6 Å². The number of hydrogen-bond donors (Lipinski definition) is 1. The van der Waals surface area contributed by atoms with E-state index in [4.69, 9.17) is 4.74 Å². The lowest BCUT2D eigenvalue weighted by Crippen LogP contribution is -2.30. The Hall–Kier alpha value is -2.38. The van der Waals surface area contributed by atoms with E-state index in [2.05, 4.69) is 5.32 Å². The SMILES string of the molecule is Cc1ccc(OC(C)C(=O)Nc2ccc(S(=O)(=O)N3CCCC3)cc2)cc1C. The smallest absolute Gasteiger partial charge is 0.265 e. The zero-order chi connectivity index (χ0) is 20.3. The molecule has 1 heterocycles. The first kappa shape index (κ1) is 20.4. The number of hydrogen-bond acceptors (Lipinski definition) is 4. The van der Waals surface area contributed by atoms with E-state index in [-0.39, 0.29) is 10.8 Å². The van der Waals surface area contributed by atoms with E-state index in [0.717, 1.165) is 24.0 Å². The third-order valence-corrected chi connectivity index (χ3v) is 6.90. The standard InChI is InChI=1S/C21H26N2O4S/c1-15-6-9-19(14-16(15)2)27-17(3)21(24)22-18-7-10-20(11-8-18)28(25,26)23-12-4-5-13-23/h6-11,14,17H,4-5,12-13H2,1-3H3,(H,22,24). The summed E-state index contributed by atoms with van der Waals surface area (Å²) >= 11 is 0. The van der Waals surface area contributed by atoms with Gasteiger partial charge in [0.05, 0.1) is 4.90 Å². The van der Waals surface area contributed by atoms with Crippen LogP contribution in [0.3, 0.4) is 0 Å². The van der Waals surface area contributed by atoms with Gasteiger partial charge in [-0.15, -0.1) is 0 Å². The van der Waals surface area contributed by atoms with Crippen LogP contribution in [-0.2, 0) is 14.8 Å². The van der Waals surface area contributed by atoms with Crippen molar-refractivity contribution in [3.05, 3.63) is 53.6 Å². The minimum Gasteiger partial charge on any atom is -0.481 e. The molecule has 7 heteroatoms. The van der Waals surface area contributed by atoms with E-state index in [1.165, 1.54) is 16.4 Å². The number of anilines is 1. The Morgan fingerprint density at radius 3 is 2.29 bits per heavy atom. The van der Waals surface area contributed by atoms with Gasteiger partial charge in [-0.2, -0.15) is 4.31 Å². The van der Waals surface area contributed by atoms with Crippen molar-refractivity contribution in [1.82, 2.24) is 4.31 Å². The Morgan fingerprint density at radius 1 is 1.04 bits per heavy atom. The summed E-state index contributed by atoms with van der Waals surface area (Å²) in [5.41, 5.74) is 2.79. The number of ether oxygens (including phenoxy) is 1. The Kier molecular flexibility index (Phi) is 6.05. The molecule has 0 aliphatic carbocycles.